The van der Waals surface area contributed by atoms with Crippen molar-refractivity contribution in [3.8, 4) is 11.5 Å². The minimum Gasteiger partial charge on any atom is -0.478 e. The Morgan fingerprint density at radius 2 is 1.80 bits per heavy atom. The van der Waals surface area contributed by atoms with E-state index in [4.69, 9.17) is 9.52 Å². The average molecular weight is 356 g/mol. The molecule has 3 rings (SSSR count). The summed E-state index contributed by atoms with van der Waals surface area (Å²) in [5.41, 5.74) is 1.41. The Morgan fingerprint density at radius 3 is 2.48 bits per heavy atom. The van der Waals surface area contributed by atoms with Crippen molar-refractivity contribution >= 4 is 29.3 Å². The van der Waals surface area contributed by atoms with Crippen molar-refractivity contribution in [3.05, 3.63) is 54.4 Å². The van der Waals surface area contributed by atoms with Gasteiger partial charge in [-0.15, -0.1) is 10.2 Å². The van der Waals surface area contributed by atoms with Crippen molar-refractivity contribution in [1.29, 1.82) is 0 Å². The van der Waals surface area contributed by atoms with Crippen LogP contribution in [0, 0.1) is 0 Å². The second-order valence-corrected chi connectivity index (χ2v) is 5.75. The number of thioether (sulfide) groups is 1. The molecule has 0 fully saturated rings. The minimum atomic E-state index is -1.02. The van der Waals surface area contributed by atoms with Gasteiger partial charge in [0.1, 0.15) is 0 Å². The number of nitrogens with one attached hydrogen (secondary N) is 1. The molecule has 0 unspecified atom stereocenters. The monoisotopic (exact) mass is 356 g/mol. The first kappa shape index (κ1) is 16.7. The van der Waals surface area contributed by atoms with E-state index in [1.165, 1.54) is 24.3 Å². The summed E-state index contributed by atoms with van der Waals surface area (Å²) in [6.45, 7) is 0. The summed E-state index contributed by atoms with van der Waals surface area (Å²) in [5, 5.41) is 19.6. The van der Waals surface area contributed by atoms with Gasteiger partial charge in [-0.25, -0.2) is 4.79 Å². The molecule has 126 valence electrons. The van der Waals surface area contributed by atoms with Crippen LogP contribution in [0.15, 0.2) is 58.4 Å². The number of carboxylic acids is 1. The number of carbonyl (C=O) groups is 2. The molecule has 0 aliphatic rings. The molecule has 0 bridgehead atoms. The van der Waals surface area contributed by atoms with Crippen LogP contribution in [0.2, 0.25) is 0 Å². The first-order valence-electron chi connectivity index (χ1n) is 7.12. The summed E-state index contributed by atoms with van der Waals surface area (Å²) in [4.78, 5) is 26.6. The van der Waals surface area contributed by atoms with Gasteiger partial charge in [0, 0.05) is 23.6 Å². The van der Waals surface area contributed by atoms with Gasteiger partial charge in [-0.1, -0.05) is 11.8 Å². The van der Waals surface area contributed by atoms with Crippen LogP contribution in [0.4, 0.5) is 5.69 Å². The van der Waals surface area contributed by atoms with E-state index in [-0.39, 0.29) is 22.4 Å². The summed E-state index contributed by atoms with van der Waals surface area (Å²) in [6.07, 6.45) is 3.24. The molecule has 8 nitrogen and oxygen atoms in total. The van der Waals surface area contributed by atoms with Gasteiger partial charge in [-0.2, -0.15) is 0 Å². The molecule has 3 aromatic rings. The number of carbonyl (C=O) groups excluding carboxylic acids is 1. The van der Waals surface area contributed by atoms with Gasteiger partial charge in [0.25, 0.3) is 5.22 Å². The Hall–Kier alpha value is -3.20. The zero-order valence-electron chi connectivity index (χ0n) is 12.7. The van der Waals surface area contributed by atoms with Crippen LogP contribution in [0.5, 0.6) is 0 Å². The molecule has 25 heavy (non-hydrogen) atoms. The van der Waals surface area contributed by atoms with E-state index in [1.807, 2.05) is 0 Å². The van der Waals surface area contributed by atoms with E-state index in [0.717, 1.165) is 17.3 Å². The lowest BCUT2D eigenvalue weighted by Gasteiger charge is -2.04. The highest BCUT2D eigenvalue weighted by atomic mass is 32.2. The van der Waals surface area contributed by atoms with Crippen LogP contribution in [-0.4, -0.2) is 37.9 Å². The molecular weight excluding hydrogens is 344 g/mol. The van der Waals surface area contributed by atoms with Crippen LogP contribution in [0.1, 0.15) is 10.4 Å². The maximum atomic E-state index is 11.9. The number of carboxylic acid groups (broad SMARTS) is 1. The number of pyridine rings is 1. The topological polar surface area (TPSA) is 118 Å². The van der Waals surface area contributed by atoms with Gasteiger partial charge in [0.2, 0.25) is 11.8 Å². The third-order valence-corrected chi connectivity index (χ3v) is 3.89. The smallest absolute Gasteiger partial charge is 0.335 e. The second-order valence-electron chi connectivity index (χ2n) is 4.83. The van der Waals surface area contributed by atoms with Crippen LogP contribution in [0.3, 0.4) is 0 Å². The maximum Gasteiger partial charge on any atom is 0.335 e. The average Bonchev–Trinajstić information content (AvgIpc) is 3.10. The lowest BCUT2D eigenvalue weighted by molar-refractivity contribution is -0.113. The Kier molecular flexibility index (Phi) is 5.05. The number of hydrogen-bond acceptors (Lipinski definition) is 7. The van der Waals surface area contributed by atoms with Gasteiger partial charge < -0.3 is 14.8 Å². The first-order valence-corrected chi connectivity index (χ1v) is 8.10. The summed E-state index contributed by atoms with van der Waals surface area (Å²) in [6, 6.07) is 9.39. The number of amides is 1. The molecule has 0 spiro atoms. The van der Waals surface area contributed by atoms with Crippen molar-refractivity contribution in [3.63, 3.8) is 0 Å². The van der Waals surface area contributed by atoms with Crippen LogP contribution in [0.25, 0.3) is 11.5 Å². The lowest BCUT2D eigenvalue weighted by Crippen LogP contribution is -2.14. The Balaban J connectivity index is 1.54. The summed E-state index contributed by atoms with van der Waals surface area (Å²) in [7, 11) is 0. The van der Waals surface area contributed by atoms with Crippen molar-refractivity contribution in [2.45, 2.75) is 5.22 Å². The SMILES string of the molecule is O=C(CSc1nnc(-c2ccncc2)o1)Nc1ccc(C(=O)O)cc1. The molecule has 0 radical (unpaired) electrons. The van der Waals surface area contributed by atoms with Gasteiger partial charge in [-0.3, -0.25) is 9.78 Å². The number of anilines is 1. The number of aromatic carboxylic acids is 1. The maximum absolute atomic E-state index is 11.9. The fourth-order valence-corrected chi connectivity index (χ4v) is 2.46. The zero-order chi connectivity index (χ0) is 17.6. The quantitative estimate of drug-likeness (QED) is 0.647. The lowest BCUT2D eigenvalue weighted by atomic mass is 10.2. The molecule has 9 heteroatoms. The van der Waals surface area contributed by atoms with E-state index in [0.29, 0.717) is 11.6 Å². The molecule has 2 aromatic heterocycles. The van der Waals surface area contributed by atoms with Crippen LogP contribution in [-0.2, 0) is 4.79 Å². The van der Waals surface area contributed by atoms with Crippen molar-refractivity contribution in [2.75, 3.05) is 11.1 Å². The Bertz CT molecular complexity index is 881. The first-order chi connectivity index (χ1) is 12.1. The molecule has 0 atom stereocenters. The fourth-order valence-electron chi connectivity index (χ4n) is 1.90. The van der Waals surface area contributed by atoms with Crippen molar-refractivity contribution in [2.24, 2.45) is 0 Å². The predicted octanol–water partition coefficient (Wildman–Crippen LogP) is 2.56. The van der Waals surface area contributed by atoms with Gasteiger partial charge in [0.15, 0.2) is 0 Å². The number of hydrogen-bond donors (Lipinski definition) is 2. The molecule has 0 aliphatic carbocycles. The summed E-state index contributed by atoms with van der Waals surface area (Å²) < 4.78 is 5.48. The highest BCUT2D eigenvalue weighted by Crippen LogP contribution is 2.22. The highest BCUT2D eigenvalue weighted by molar-refractivity contribution is 7.99. The number of rotatable bonds is 6. The van der Waals surface area contributed by atoms with Gasteiger partial charge >= 0.3 is 5.97 Å². The standard InChI is InChI=1S/C16H12N4O4S/c21-13(18-12-3-1-11(2-4-12)15(22)23)9-25-16-20-19-14(24-16)10-5-7-17-8-6-10/h1-8H,9H2,(H,18,21)(H,22,23). The Morgan fingerprint density at radius 1 is 1.08 bits per heavy atom. The predicted molar refractivity (Wildman–Crippen MR) is 90.3 cm³/mol. The molecule has 0 saturated heterocycles. The molecule has 2 heterocycles. The largest absolute Gasteiger partial charge is 0.478 e. The molecule has 0 saturated carbocycles. The highest BCUT2D eigenvalue weighted by Gasteiger charge is 2.11. The van der Waals surface area contributed by atoms with Crippen LogP contribution >= 0.6 is 11.8 Å². The number of nitrogens with zero attached hydrogens (tertiary/aromatic N) is 3. The van der Waals surface area contributed by atoms with E-state index >= 15 is 0 Å². The van der Waals surface area contributed by atoms with E-state index in [2.05, 4.69) is 20.5 Å². The molecule has 1 amide bonds. The molecular formula is C16H12N4O4S. The minimum absolute atomic E-state index is 0.0820. The third-order valence-electron chi connectivity index (χ3n) is 3.08. The van der Waals surface area contributed by atoms with E-state index in [1.54, 1.807) is 24.5 Å². The third kappa shape index (κ3) is 4.42. The normalized spacial score (nSPS) is 10.4. The molecule has 0 aliphatic heterocycles. The summed E-state index contributed by atoms with van der Waals surface area (Å²) in [5.74, 6) is -0.848. The fraction of sp³-hybridized carbons (Fsp3) is 0.0625. The number of aromatic nitrogens is 3. The summed E-state index contributed by atoms with van der Waals surface area (Å²) >= 11 is 1.11. The van der Waals surface area contributed by atoms with Crippen molar-refractivity contribution in [1.82, 2.24) is 15.2 Å². The van der Waals surface area contributed by atoms with Crippen LogP contribution < -0.4 is 5.32 Å². The number of benzene rings is 1. The van der Waals surface area contributed by atoms with Crippen molar-refractivity contribution < 1.29 is 19.1 Å². The van der Waals surface area contributed by atoms with E-state index < -0.39 is 5.97 Å². The van der Waals surface area contributed by atoms with Gasteiger partial charge in [0.05, 0.1) is 11.3 Å². The zero-order valence-corrected chi connectivity index (χ0v) is 13.6. The van der Waals surface area contributed by atoms with Gasteiger partial charge in [-0.05, 0) is 36.4 Å². The molecule has 1 aromatic carbocycles. The molecule has 2 N–H and O–H groups in total. The Labute approximate surface area is 146 Å². The van der Waals surface area contributed by atoms with E-state index in [9.17, 15) is 9.59 Å². The second kappa shape index (κ2) is 7.58.